The highest BCUT2D eigenvalue weighted by Gasteiger charge is 2.27. The average Bonchev–Trinajstić information content (AvgIpc) is 3.22. The van der Waals surface area contributed by atoms with E-state index in [-0.39, 0.29) is 6.73 Å². The van der Waals surface area contributed by atoms with Gasteiger partial charge in [-0.1, -0.05) is 29.8 Å². The maximum atomic E-state index is 12.1. The standard InChI is InChI=1S/C20H23F3N6OS/c1-13-4-6-16(7-5-13)9-29-15(3)18(14(2)27-29)26-19(31)25-17-8-24-28(10-17)12-30-11-20(21,22)23/h4-8,10H,9,11-12H2,1-3H3,(H2,25,26,31). The zero-order valence-corrected chi connectivity index (χ0v) is 18.1. The Morgan fingerprint density at radius 2 is 1.84 bits per heavy atom. The van der Waals surface area contributed by atoms with Gasteiger partial charge in [-0.15, -0.1) is 0 Å². The molecule has 0 atom stereocenters. The summed E-state index contributed by atoms with van der Waals surface area (Å²) in [4.78, 5) is 0. The first kappa shape index (κ1) is 22.8. The molecular formula is C20H23F3N6OS. The number of halogens is 3. The minimum absolute atomic E-state index is 0.314. The number of nitrogens with one attached hydrogen (secondary N) is 2. The first-order valence-corrected chi connectivity index (χ1v) is 9.86. The fourth-order valence-electron chi connectivity index (χ4n) is 2.93. The number of thiocarbonyl (C=S) groups is 1. The third-order valence-electron chi connectivity index (χ3n) is 4.45. The summed E-state index contributed by atoms with van der Waals surface area (Å²) in [5.41, 5.74) is 5.39. The van der Waals surface area contributed by atoms with Crippen molar-refractivity contribution in [3.8, 4) is 0 Å². The lowest BCUT2D eigenvalue weighted by molar-refractivity contribution is -0.182. The third kappa shape index (κ3) is 6.53. The van der Waals surface area contributed by atoms with Gasteiger partial charge in [-0.25, -0.2) is 4.68 Å². The second kappa shape index (κ2) is 9.48. The number of hydrogen-bond donors (Lipinski definition) is 2. The molecule has 0 aliphatic rings. The molecule has 0 saturated carbocycles. The molecule has 0 spiro atoms. The Balaban J connectivity index is 1.58. The van der Waals surface area contributed by atoms with Crippen molar-refractivity contribution in [1.29, 1.82) is 0 Å². The van der Waals surface area contributed by atoms with Crippen molar-refractivity contribution in [2.75, 3.05) is 17.2 Å². The Labute approximate surface area is 183 Å². The van der Waals surface area contributed by atoms with Gasteiger partial charge in [0, 0.05) is 0 Å². The lowest BCUT2D eigenvalue weighted by Gasteiger charge is -2.10. The van der Waals surface area contributed by atoms with Crippen molar-refractivity contribution >= 4 is 28.7 Å². The van der Waals surface area contributed by atoms with Crippen LogP contribution in [0.4, 0.5) is 24.5 Å². The fourth-order valence-corrected chi connectivity index (χ4v) is 3.15. The summed E-state index contributed by atoms with van der Waals surface area (Å²) in [6.07, 6.45) is -1.42. The van der Waals surface area contributed by atoms with Gasteiger partial charge in [0.25, 0.3) is 0 Å². The maximum Gasteiger partial charge on any atom is 0.411 e. The molecule has 7 nitrogen and oxygen atoms in total. The summed E-state index contributed by atoms with van der Waals surface area (Å²) in [5.74, 6) is 0. The van der Waals surface area contributed by atoms with E-state index in [1.165, 1.54) is 22.6 Å². The molecule has 2 N–H and O–H groups in total. The van der Waals surface area contributed by atoms with E-state index < -0.39 is 12.8 Å². The van der Waals surface area contributed by atoms with E-state index in [2.05, 4.69) is 49.8 Å². The first-order valence-electron chi connectivity index (χ1n) is 9.45. The number of alkyl halides is 3. The topological polar surface area (TPSA) is 68.9 Å². The molecule has 0 bridgehead atoms. The third-order valence-corrected chi connectivity index (χ3v) is 4.66. The van der Waals surface area contributed by atoms with E-state index in [0.29, 0.717) is 17.3 Å². The van der Waals surface area contributed by atoms with Crippen molar-refractivity contribution in [1.82, 2.24) is 19.6 Å². The molecule has 3 rings (SSSR count). The monoisotopic (exact) mass is 452 g/mol. The summed E-state index contributed by atoms with van der Waals surface area (Å²) in [5, 5.41) is 14.9. The van der Waals surface area contributed by atoms with Gasteiger partial charge in [0.15, 0.2) is 5.11 Å². The Kier molecular flexibility index (Phi) is 6.96. The number of benzene rings is 1. The number of aromatic nitrogens is 4. The summed E-state index contributed by atoms with van der Waals surface area (Å²) in [7, 11) is 0. The van der Waals surface area contributed by atoms with Crippen molar-refractivity contribution in [3.63, 3.8) is 0 Å². The Morgan fingerprint density at radius 1 is 1.13 bits per heavy atom. The maximum absolute atomic E-state index is 12.1. The zero-order chi connectivity index (χ0) is 22.6. The average molecular weight is 453 g/mol. The normalized spacial score (nSPS) is 11.5. The van der Waals surface area contributed by atoms with Gasteiger partial charge in [0.05, 0.1) is 41.7 Å². The molecule has 3 aromatic rings. The molecule has 2 heterocycles. The Morgan fingerprint density at radius 3 is 2.52 bits per heavy atom. The summed E-state index contributed by atoms with van der Waals surface area (Å²) in [6.45, 7) is 4.88. The van der Waals surface area contributed by atoms with Crippen molar-refractivity contribution in [2.45, 2.75) is 40.2 Å². The van der Waals surface area contributed by atoms with Gasteiger partial charge in [-0.2, -0.15) is 23.4 Å². The molecule has 11 heteroatoms. The Hall–Kier alpha value is -2.92. The summed E-state index contributed by atoms with van der Waals surface area (Å²) >= 11 is 5.36. The molecule has 0 amide bonds. The van der Waals surface area contributed by atoms with Crippen molar-refractivity contribution < 1.29 is 17.9 Å². The zero-order valence-electron chi connectivity index (χ0n) is 17.3. The van der Waals surface area contributed by atoms with Crippen LogP contribution in [-0.2, 0) is 18.0 Å². The highest BCUT2D eigenvalue weighted by molar-refractivity contribution is 7.80. The first-order chi connectivity index (χ1) is 14.6. The molecule has 0 radical (unpaired) electrons. The minimum Gasteiger partial charge on any atom is -0.350 e. The van der Waals surface area contributed by atoms with Crippen LogP contribution in [0, 0.1) is 20.8 Å². The van der Waals surface area contributed by atoms with Crippen LogP contribution in [0.2, 0.25) is 0 Å². The Bertz CT molecular complexity index is 1040. The van der Waals surface area contributed by atoms with Crippen LogP contribution < -0.4 is 10.6 Å². The highest BCUT2D eigenvalue weighted by atomic mass is 32.1. The molecule has 2 aromatic heterocycles. The van der Waals surface area contributed by atoms with Crippen LogP contribution in [0.1, 0.15) is 22.5 Å². The van der Waals surface area contributed by atoms with Crippen LogP contribution in [0.3, 0.4) is 0 Å². The molecule has 31 heavy (non-hydrogen) atoms. The fraction of sp³-hybridized carbons (Fsp3) is 0.350. The number of rotatable bonds is 7. The van der Waals surface area contributed by atoms with Gasteiger partial charge < -0.3 is 15.4 Å². The number of aryl methyl sites for hydroxylation is 2. The van der Waals surface area contributed by atoms with E-state index in [9.17, 15) is 13.2 Å². The minimum atomic E-state index is -4.38. The molecule has 0 fully saturated rings. The molecule has 0 saturated heterocycles. The van der Waals surface area contributed by atoms with Crippen LogP contribution in [0.25, 0.3) is 0 Å². The molecule has 0 aliphatic carbocycles. The molecule has 166 valence electrons. The van der Waals surface area contributed by atoms with Gasteiger partial charge in [0.2, 0.25) is 0 Å². The second-order valence-corrected chi connectivity index (χ2v) is 7.54. The van der Waals surface area contributed by atoms with Gasteiger partial charge in [-0.3, -0.25) is 4.68 Å². The molecule has 0 aliphatic heterocycles. The van der Waals surface area contributed by atoms with E-state index >= 15 is 0 Å². The van der Waals surface area contributed by atoms with E-state index in [0.717, 1.165) is 22.6 Å². The lowest BCUT2D eigenvalue weighted by atomic mass is 10.1. The van der Waals surface area contributed by atoms with Crippen LogP contribution in [0.5, 0.6) is 0 Å². The van der Waals surface area contributed by atoms with Crippen molar-refractivity contribution in [3.05, 3.63) is 59.2 Å². The van der Waals surface area contributed by atoms with Gasteiger partial charge >= 0.3 is 6.18 Å². The molecule has 0 unspecified atom stereocenters. The second-order valence-electron chi connectivity index (χ2n) is 7.13. The quantitative estimate of drug-likeness (QED) is 0.518. The number of nitrogens with zero attached hydrogens (tertiary/aromatic N) is 4. The highest BCUT2D eigenvalue weighted by Crippen LogP contribution is 2.21. The van der Waals surface area contributed by atoms with E-state index in [4.69, 9.17) is 12.2 Å². The van der Waals surface area contributed by atoms with Crippen LogP contribution in [0.15, 0.2) is 36.7 Å². The molecular weight excluding hydrogens is 429 g/mol. The van der Waals surface area contributed by atoms with E-state index in [1.54, 1.807) is 0 Å². The SMILES string of the molecule is Cc1ccc(Cn2nc(C)c(NC(=S)Nc3cnn(COCC(F)(F)F)c3)c2C)cc1. The number of anilines is 2. The van der Waals surface area contributed by atoms with Crippen LogP contribution >= 0.6 is 12.2 Å². The lowest BCUT2D eigenvalue weighted by Crippen LogP contribution is -2.20. The van der Waals surface area contributed by atoms with Gasteiger partial charge in [0.1, 0.15) is 13.3 Å². The van der Waals surface area contributed by atoms with Gasteiger partial charge in [-0.05, 0) is 38.6 Å². The molecule has 1 aromatic carbocycles. The van der Waals surface area contributed by atoms with Crippen LogP contribution in [-0.4, -0.2) is 37.5 Å². The largest absolute Gasteiger partial charge is 0.411 e. The van der Waals surface area contributed by atoms with E-state index in [1.807, 2.05) is 25.5 Å². The summed E-state index contributed by atoms with van der Waals surface area (Å²) in [6, 6.07) is 8.27. The van der Waals surface area contributed by atoms with Crippen molar-refractivity contribution in [2.24, 2.45) is 0 Å². The summed E-state index contributed by atoms with van der Waals surface area (Å²) < 4.78 is 44.2. The number of ether oxygens (including phenoxy) is 1. The predicted molar refractivity (Wildman–Crippen MR) is 116 cm³/mol. The predicted octanol–water partition coefficient (Wildman–Crippen LogP) is 4.40. The smallest absolute Gasteiger partial charge is 0.350 e. The number of hydrogen-bond acceptors (Lipinski definition) is 4.